The van der Waals surface area contributed by atoms with Crippen molar-refractivity contribution >= 4 is 28.6 Å². The second-order valence-corrected chi connectivity index (χ2v) is 6.95. The predicted molar refractivity (Wildman–Crippen MR) is 109 cm³/mol. The van der Waals surface area contributed by atoms with Crippen LogP contribution < -0.4 is 5.56 Å². The molecule has 0 unspecified atom stereocenters. The molecule has 3 aromatic rings. The first kappa shape index (κ1) is 18.0. The average Bonchev–Trinajstić information content (AvgIpc) is 3.24. The van der Waals surface area contributed by atoms with E-state index in [1.54, 1.807) is 18.2 Å². The number of benzene rings is 2. The Bertz CT molecular complexity index is 1090. The maximum atomic E-state index is 12.2. The first-order chi connectivity index (χ1) is 13.6. The molecule has 6 heteroatoms. The van der Waals surface area contributed by atoms with Crippen molar-refractivity contribution < 1.29 is 9.90 Å². The van der Waals surface area contributed by atoms with Crippen molar-refractivity contribution in [1.82, 2.24) is 9.88 Å². The van der Waals surface area contributed by atoms with Gasteiger partial charge in [-0.1, -0.05) is 30.3 Å². The van der Waals surface area contributed by atoms with Gasteiger partial charge in [-0.3, -0.25) is 19.6 Å². The summed E-state index contributed by atoms with van der Waals surface area (Å²) in [5.41, 5.74) is 1.78. The largest absolute Gasteiger partial charge is 0.494 e. The van der Waals surface area contributed by atoms with Gasteiger partial charge in [-0.25, -0.2) is 0 Å². The van der Waals surface area contributed by atoms with Gasteiger partial charge in [0.25, 0.3) is 5.56 Å². The van der Waals surface area contributed by atoms with Gasteiger partial charge in [0.2, 0.25) is 11.8 Å². The molecule has 6 nitrogen and oxygen atoms in total. The van der Waals surface area contributed by atoms with Gasteiger partial charge in [-0.05, 0) is 36.6 Å². The lowest BCUT2D eigenvalue weighted by molar-refractivity contribution is -0.129. The van der Waals surface area contributed by atoms with E-state index in [4.69, 9.17) is 0 Å². The number of aromatic hydroxyl groups is 1. The van der Waals surface area contributed by atoms with Gasteiger partial charge in [-0.2, -0.15) is 0 Å². The first-order valence-electron chi connectivity index (χ1n) is 9.36. The van der Waals surface area contributed by atoms with E-state index in [9.17, 15) is 14.7 Å². The molecule has 0 bridgehead atoms. The molecule has 2 aromatic carbocycles. The van der Waals surface area contributed by atoms with E-state index in [2.05, 4.69) is 9.98 Å². The summed E-state index contributed by atoms with van der Waals surface area (Å²) in [6, 6.07) is 14.5. The lowest BCUT2D eigenvalue weighted by Gasteiger charge is -2.14. The summed E-state index contributed by atoms with van der Waals surface area (Å²) in [6.07, 6.45) is 4.12. The molecule has 28 heavy (non-hydrogen) atoms. The van der Waals surface area contributed by atoms with Crippen LogP contribution in [-0.2, 0) is 11.2 Å². The highest BCUT2D eigenvalue weighted by Gasteiger charge is 2.17. The van der Waals surface area contributed by atoms with Crippen LogP contribution in [0, 0.1) is 0 Å². The molecule has 142 valence electrons. The van der Waals surface area contributed by atoms with Crippen molar-refractivity contribution in [2.75, 3.05) is 13.1 Å². The zero-order valence-corrected chi connectivity index (χ0v) is 15.4. The second-order valence-electron chi connectivity index (χ2n) is 6.95. The maximum Gasteiger partial charge on any atom is 0.258 e. The van der Waals surface area contributed by atoms with Crippen LogP contribution in [-0.4, -0.2) is 40.2 Å². The zero-order chi connectivity index (χ0) is 19.5. The smallest absolute Gasteiger partial charge is 0.258 e. The van der Waals surface area contributed by atoms with Crippen molar-refractivity contribution in [3.8, 4) is 5.88 Å². The van der Waals surface area contributed by atoms with Gasteiger partial charge in [-0.15, -0.1) is 0 Å². The highest BCUT2D eigenvalue weighted by molar-refractivity contribution is 6.01. The van der Waals surface area contributed by atoms with Crippen molar-refractivity contribution in [3.63, 3.8) is 0 Å². The van der Waals surface area contributed by atoms with Crippen LogP contribution in [0.15, 0.2) is 58.3 Å². The standard InChI is InChI=1S/C22H21N3O3/c26-20(25-11-3-4-12-25)13-15-7-9-16(10-8-15)23-14-19-17-5-1-2-6-18(17)21(27)24-22(19)28/h1-2,5-10,14H,3-4,11-13H2,(H2,24,27,28). The molecule has 1 aromatic heterocycles. The van der Waals surface area contributed by atoms with Crippen LogP contribution >= 0.6 is 0 Å². The molecule has 1 fully saturated rings. The third-order valence-electron chi connectivity index (χ3n) is 5.04. The number of aromatic amines is 1. The molecule has 0 saturated carbocycles. The topological polar surface area (TPSA) is 85.8 Å². The molecule has 0 atom stereocenters. The number of hydrogen-bond donors (Lipinski definition) is 2. The summed E-state index contributed by atoms with van der Waals surface area (Å²) in [6.45, 7) is 1.72. The molecule has 1 amide bonds. The fourth-order valence-corrected chi connectivity index (χ4v) is 3.51. The van der Waals surface area contributed by atoms with E-state index in [0.29, 0.717) is 28.4 Å². The number of likely N-dealkylation sites (tertiary alicyclic amines) is 1. The summed E-state index contributed by atoms with van der Waals surface area (Å²) in [5.74, 6) is -0.0429. The van der Waals surface area contributed by atoms with E-state index < -0.39 is 0 Å². The Balaban J connectivity index is 1.53. The number of H-pyrrole nitrogens is 1. The van der Waals surface area contributed by atoms with E-state index >= 15 is 0 Å². The number of nitrogens with one attached hydrogen (secondary N) is 1. The van der Waals surface area contributed by atoms with E-state index in [1.807, 2.05) is 35.2 Å². The molecule has 1 saturated heterocycles. The van der Waals surface area contributed by atoms with Crippen LogP contribution in [0.2, 0.25) is 0 Å². The normalized spacial score (nSPS) is 14.2. The van der Waals surface area contributed by atoms with Crippen LogP contribution in [0.5, 0.6) is 5.88 Å². The van der Waals surface area contributed by atoms with Crippen LogP contribution in [0.1, 0.15) is 24.0 Å². The molecule has 0 aliphatic carbocycles. The molecule has 2 N–H and O–H groups in total. The average molecular weight is 375 g/mol. The van der Waals surface area contributed by atoms with Crippen LogP contribution in [0.4, 0.5) is 5.69 Å². The fraction of sp³-hybridized carbons (Fsp3) is 0.227. The van der Waals surface area contributed by atoms with Gasteiger partial charge >= 0.3 is 0 Å². The number of pyridine rings is 1. The summed E-state index contributed by atoms with van der Waals surface area (Å²) < 4.78 is 0. The number of carbonyl (C=O) groups excluding carboxylic acids is 1. The highest BCUT2D eigenvalue weighted by atomic mass is 16.3. The second kappa shape index (κ2) is 7.68. The van der Waals surface area contributed by atoms with Gasteiger partial charge in [0.15, 0.2) is 0 Å². The van der Waals surface area contributed by atoms with Crippen LogP contribution in [0.25, 0.3) is 10.8 Å². The van der Waals surface area contributed by atoms with Crippen LogP contribution in [0.3, 0.4) is 0 Å². The van der Waals surface area contributed by atoms with Crippen molar-refractivity contribution in [2.24, 2.45) is 4.99 Å². The SMILES string of the molecule is O=C(Cc1ccc(N=Cc2c(O)[nH]c(=O)c3ccccc23)cc1)N1CCCC1. The van der Waals surface area contributed by atoms with E-state index in [-0.39, 0.29) is 17.3 Å². The Morgan fingerprint density at radius 3 is 2.46 bits per heavy atom. The molecule has 1 aliphatic heterocycles. The maximum absolute atomic E-state index is 12.2. The quantitative estimate of drug-likeness (QED) is 0.687. The summed E-state index contributed by atoms with van der Waals surface area (Å²) in [7, 11) is 0. The molecule has 2 heterocycles. The lowest BCUT2D eigenvalue weighted by atomic mass is 10.1. The van der Waals surface area contributed by atoms with E-state index in [0.717, 1.165) is 31.5 Å². The Morgan fingerprint density at radius 1 is 1.07 bits per heavy atom. The first-order valence-corrected chi connectivity index (χ1v) is 9.36. The van der Waals surface area contributed by atoms with Gasteiger partial charge < -0.3 is 10.0 Å². The number of carbonyl (C=O) groups is 1. The number of nitrogens with zero attached hydrogens (tertiary/aromatic N) is 2. The Hall–Kier alpha value is -3.41. The molecule has 4 rings (SSSR count). The number of rotatable bonds is 4. The fourth-order valence-electron chi connectivity index (χ4n) is 3.51. The monoisotopic (exact) mass is 375 g/mol. The zero-order valence-electron chi connectivity index (χ0n) is 15.4. The minimum atomic E-state index is -0.336. The number of aromatic nitrogens is 1. The van der Waals surface area contributed by atoms with Gasteiger partial charge in [0, 0.05) is 30.1 Å². The number of amides is 1. The minimum Gasteiger partial charge on any atom is -0.494 e. The lowest BCUT2D eigenvalue weighted by Crippen LogP contribution is -2.28. The molecule has 0 radical (unpaired) electrons. The summed E-state index contributed by atoms with van der Waals surface area (Å²) in [4.78, 5) is 33.0. The Kier molecular flexibility index (Phi) is 4.93. The third-order valence-corrected chi connectivity index (χ3v) is 5.04. The number of aliphatic imine (C=N–C) groups is 1. The number of hydrogen-bond acceptors (Lipinski definition) is 4. The molecular weight excluding hydrogens is 354 g/mol. The van der Waals surface area contributed by atoms with Gasteiger partial charge in [0.1, 0.15) is 0 Å². The third kappa shape index (κ3) is 3.67. The summed E-state index contributed by atoms with van der Waals surface area (Å²) in [5, 5.41) is 11.3. The Labute approximate surface area is 162 Å². The van der Waals surface area contributed by atoms with Crippen molar-refractivity contribution in [1.29, 1.82) is 0 Å². The molecule has 0 spiro atoms. The summed E-state index contributed by atoms with van der Waals surface area (Å²) >= 11 is 0. The highest BCUT2D eigenvalue weighted by Crippen LogP contribution is 2.22. The Morgan fingerprint density at radius 2 is 1.75 bits per heavy atom. The molecule has 1 aliphatic rings. The number of fused-ring (bicyclic) bond motifs is 1. The van der Waals surface area contributed by atoms with Gasteiger partial charge in [0.05, 0.1) is 17.7 Å². The van der Waals surface area contributed by atoms with E-state index in [1.165, 1.54) is 6.21 Å². The molecular formula is C22H21N3O3. The van der Waals surface area contributed by atoms with Crippen molar-refractivity contribution in [3.05, 3.63) is 70.0 Å². The minimum absolute atomic E-state index is 0.165. The van der Waals surface area contributed by atoms with Crippen molar-refractivity contribution in [2.45, 2.75) is 19.3 Å². The predicted octanol–water partition coefficient (Wildman–Crippen LogP) is 3.15.